The predicted molar refractivity (Wildman–Crippen MR) is 89.4 cm³/mol. The Balaban J connectivity index is 1.48. The average Bonchev–Trinajstić information content (AvgIpc) is 2.93. The summed E-state index contributed by atoms with van der Waals surface area (Å²) in [6.07, 6.45) is 3.55. The van der Waals surface area contributed by atoms with E-state index in [1.54, 1.807) is 0 Å². The van der Waals surface area contributed by atoms with Crippen molar-refractivity contribution in [2.45, 2.75) is 37.8 Å². The van der Waals surface area contributed by atoms with Gasteiger partial charge in [-0.05, 0) is 37.8 Å². The van der Waals surface area contributed by atoms with Crippen molar-refractivity contribution < 1.29 is 9.59 Å². The van der Waals surface area contributed by atoms with Crippen molar-refractivity contribution in [3.63, 3.8) is 0 Å². The van der Waals surface area contributed by atoms with Crippen LogP contribution in [0.3, 0.4) is 0 Å². The Bertz CT molecular complexity index is 549. The molecule has 1 aromatic rings. The number of hydrogen-bond acceptors (Lipinski definition) is 3. The average molecular weight is 316 g/mol. The van der Waals surface area contributed by atoms with Crippen molar-refractivity contribution >= 4 is 17.6 Å². The fourth-order valence-electron chi connectivity index (χ4n) is 3.21. The molecular weight excluding hydrogens is 292 g/mol. The topological polar surface area (TPSA) is 73.5 Å². The van der Waals surface area contributed by atoms with Crippen LogP contribution in [0.15, 0.2) is 30.3 Å². The molecule has 2 saturated heterocycles. The third-order valence-electron chi connectivity index (χ3n) is 4.49. The molecule has 0 bridgehead atoms. The van der Waals surface area contributed by atoms with Crippen LogP contribution in [0.4, 0.5) is 10.5 Å². The van der Waals surface area contributed by atoms with Crippen LogP contribution in [0.1, 0.15) is 25.7 Å². The van der Waals surface area contributed by atoms with E-state index in [1.165, 1.54) is 5.69 Å². The van der Waals surface area contributed by atoms with Crippen LogP contribution in [-0.4, -0.2) is 43.7 Å². The first kappa shape index (κ1) is 15.6. The van der Waals surface area contributed by atoms with E-state index in [0.717, 1.165) is 32.4 Å². The van der Waals surface area contributed by atoms with Crippen molar-refractivity contribution in [2.75, 3.05) is 24.5 Å². The lowest BCUT2D eigenvalue weighted by Crippen LogP contribution is -2.51. The molecule has 2 aliphatic heterocycles. The van der Waals surface area contributed by atoms with Crippen molar-refractivity contribution in [3.05, 3.63) is 30.3 Å². The third kappa shape index (κ3) is 4.15. The predicted octanol–water partition coefficient (Wildman–Crippen LogP) is 1.23. The number of nitrogens with one attached hydrogen (secondary N) is 3. The van der Waals surface area contributed by atoms with Gasteiger partial charge in [0, 0.05) is 31.4 Å². The number of carbonyl (C=O) groups is 2. The zero-order valence-corrected chi connectivity index (χ0v) is 13.3. The highest BCUT2D eigenvalue weighted by atomic mass is 16.2. The molecule has 1 aromatic carbocycles. The Morgan fingerprint density at radius 2 is 1.96 bits per heavy atom. The Morgan fingerprint density at radius 3 is 2.78 bits per heavy atom. The molecule has 2 atom stereocenters. The second-order valence-electron chi connectivity index (χ2n) is 6.22. The Kier molecular flexibility index (Phi) is 5.00. The van der Waals surface area contributed by atoms with Crippen molar-refractivity contribution in [1.29, 1.82) is 0 Å². The van der Waals surface area contributed by atoms with Crippen LogP contribution < -0.4 is 20.9 Å². The number of anilines is 1. The SMILES string of the molecule is O=C(N[C@@H]1CCN(c2ccccc2)C1)N[C@H]1CCCCNC1=O. The van der Waals surface area contributed by atoms with E-state index < -0.39 is 6.04 Å². The highest BCUT2D eigenvalue weighted by Crippen LogP contribution is 2.19. The Morgan fingerprint density at radius 1 is 1.13 bits per heavy atom. The first-order valence-corrected chi connectivity index (χ1v) is 8.37. The summed E-state index contributed by atoms with van der Waals surface area (Å²) in [5.41, 5.74) is 1.18. The van der Waals surface area contributed by atoms with Gasteiger partial charge in [-0.3, -0.25) is 4.79 Å². The van der Waals surface area contributed by atoms with Crippen LogP contribution in [0, 0.1) is 0 Å². The number of amides is 3. The minimum atomic E-state index is -0.413. The van der Waals surface area contributed by atoms with Gasteiger partial charge in [-0.2, -0.15) is 0 Å². The second-order valence-corrected chi connectivity index (χ2v) is 6.22. The molecule has 0 unspecified atom stereocenters. The standard InChI is InChI=1S/C17H24N4O2/c22-16-15(8-4-5-10-18-16)20-17(23)19-13-9-11-21(12-13)14-6-2-1-3-7-14/h1-3,6-7,13,15H,4-5,8-12H2,(H,18,22)(H2,19,20,23)/t13-,15+/m1/s1. The van der Waals surface area contributed by atoms with Gasteiger partial charge in [-0.15, -0.1) is 0 Å². The van der Waals surface area contributed by atoms with Gasteiger partial charge in [0.25, 0.3) is 0 Å². The molecule has 0 radical (unpaired) electrons. The van der Waals surface area contributed by atoms with E-state index in [-0.39, 0.29) is 18.0 Å². The van der Waals surface area contributed by atoms with Gasteiger partial charge in [-0.1, -0.05) is 18.2 Å². The number of urea groups is 1. The van der Waals surface area contributed by atoms with Crippen LogP contribution >= 0.6 is 0 Å². The molecule has 3 N–H and O–H groups in total. The summed E-state index contributed by atoms with van der Waals surface area (Å²) < 4.78 is 0. The fourth-order valence-corrected chi connectivity index (χ4v) is 3.21. The maximum absolute atomic E-state index is 12.1. The van der Waals surface area contributed by atoms with Crippen LogP contribution in [0.25, 0.3) is 0 Å². The Labute approximate surface area is 136 Å². The molecule has 3 amide bonds. The molecule has 6 heteroatoms. The summed E-state index contributed by atoms with van der Waals surface area (Å²) in [6.45, 7) is 2.43. The normalized spacial score (nSPS) is 24.7. The maximum Gasteiger partial charge on any atom is 0.315 e. The molecule has 0 saturated carbocycles. The summed E-state index contributed by atoms with van der Waals surface area (Å²) >= 11 is 0. The smallest absolute Gasteiger partial charge is 0.315 e. The van der Waals surface area contributed by atoms with E-state index >= 15 is 0 Å². The summed E-state index contributed by atoms with van der Waals surface area (Å²) in [5, 5.41) is 8.64. The van der Waals surface area contributed by atoms with Crippen LogP contribution in [0.2, 0.25) is 0 Å². The molecule has 6 nitrogen and oxygen atoms in total. The summed E-state index contributed by atoms with van der Waals surface area (Å²) in [4.78, 5) is 26.3. The van der Waals surface area contributed by atoms with E-state index in [1.807, 2.05) is 18.2 Å². The van der Waals surface area contributed by atoms with Crippen molar-refractivity contribution in [2.24, 2.45) is 0 Å². The van der Waals surface area contributed by atoms with Gasteiger partial charge in [-0.25, -0.2) is 4.79 Å². The molecule has 2 heterocycles. The van der Waals surface area contributed by atoms with Gasteiger partial charge in [0.2, 0.25) is 5.91 Å². The third-order valence-corrected chi connectivity index (χ3v) is 4.49. The van der Waals surface area contributed by atoms with E-state index in [2.05, 4.69) is 33.0 Å². The first-order chi connectivity index (χ1) is 11.2. The molecule has 2 fully saturated rings. The summed E-state index contributed by atoms with van der Waals surface area (Å²) in [7, 11) is 0. The summed E-state index contributed by atoms with van der Waals surface area (Å²) in [6, 6.07) is 9.66. The van der Waals surface area contributed by atoms with Gasteiger partial charge in [0.1, 0.15) is 6.04 Å². The van der Waals surface area contributed by atoms with Crippen molar-refractivity contribution in [1.82, 2.24) is 16.0 Å². The molecular formula is C17H24N4O2. The zero-order valence-electron chi connectivity index (χ0n) is 13.3. The summed E-state index contributed by atoms with van der Waals surface area (Å²) in [5.74, 6) is -0.0741. The second kappa shape index (κ2) is 7.35. The number of rotatable bonds is 3. The molecule has 0 aromatic heterocycles. The quantitative estimate of drug-likeness (QED) is 0.785. The molecule has 2 aliphatic rings. The Hall–Kier alpha value is -2.24. The molecule has 0 spiro atoms. The number of nitrogens with zero attached hydrogens (tertiary/aromatic N) is 1. The number of carbonyl (C=O) groups excluding carboxylic acids is 2. The highest BCUT2D eigenvalue weighted by Gasteiger charge is 2.26. The minimum Gasteiger partial charge on any atom is -0.369 e. The molecule has 3 rings (SSSR count). The van der Waals surface area contributed by atoms with Gasteiger partial charge in [0.05, 0.1) is 0 Å². The fraction of sp³-hybridized carbons (Fsp3) is 0.529. The maximum atomic E-state index is 12.1. The number of hydrogen-bond donors (Lipinski definition) is 3. The molecule has 0 aliphatic carbocycles. The lowest BCUT2D eigenvalue weighted by atomic mass is 10.1. The zero-order chi connectivity index (χ0) is 16.1. The van der Waals surface area contributed by atoms with Crippen LogP contribution in [0.5, 0.6) is 0 Å². The minimum absolute atomic E-state index is 0.0741. The van der Waals surface area contributed by atoms with Gasteiger partial charge in [0.15, 0.2) is 0 Å². The first-order valence-electron chi connectivity index (χ1n) is 8.37. The van der Waals surface area contributed by atoms with E-state index in [4.69, 9.17) is 0 Å². The lowest BCUT2D eigenvalue weighted by Gasteiger charge is -2.20. The monoisotopic (exact) mass is 316 g/mol. The van der Waals surface area contributed by atoms with E-state index in [0.29, 0.717) is 13.0 Å². The number of para-hydroxylation sites is 1. The van der Waals surface area contributed by atoms with Crippen LogP contribution in [-0.2, 0) is 4.79 Å². The van der Waals surface area contributed by atoms with Gasteiger partial charge >= 0.3 is 6.03 Å². The van der Waals surface area contributed by atoms with Gasteiger partial charge < -0.3 is 20.9 Å². The largest absolute Gasteiger partial charge is 0.369 e. The highest BCUT2D eigenvalue weighted by molar-refractivity contribution is 5.87. The van der Waals surface area contributed by atoms with E-state index in [9.17, 15) is 9.59 Å². The molecule has 23 heavy (non-hydrogen) atoms. The lowest BCUT2D eigenvalue weighted by molar-refractivity contribution is -0.122. The van der Waals surface area contributed by atoms with Crippen molar-refractivity contribution in [3.8, 4) is 0 Å². The molecule has 124 valence electrons. The number of benzene rings is 1.